The van der Waals surface area contributed by atoms with Crippen LogP contribution in [0, 0.1) is 0 Å². The van der Waals surface area contributed by atoms with Gasteiger partial charge in [-0.3, -0.25) is 4.79 Å². The largest absolute Gasteiger partial charge is 0.466 e. The maximum Gasteiger partial charge on any atom is 0.302 e. The minimum Gasteiger partial charge on any atom is -0.466 e. The zero-order chi connectivity index (χ0) is 21.8. The van der Waals surface area contributed by atoms with Crippen LogP contribution in [0.4, 0.5) is 0 Å². The van der Waals surface area contributed by atoms with Gasteiger partial charge >= 0.3 is 5.97 Å². The zero-order valence-corrected chi connectivity index (χ0v) is 19.5. The van der Waals surface area contributed by atoms with Crippen LogP contribution in [0.3, 0.4) is 0 Å². The normalized spacial score (nSPS) is 11.9. The first kappa shape index (κ1) is 28.7. The second-order valence-electron chi connectivity index (χ2n) is 6.07. The van der Waals surface area contributed by atoms with Gasteiger partial charge in [0.15, 0.2) is 6.29 Å². The summed E-state index contributed by atoms with van der Waals surface area (Å²) in [6.07, 6.45) is 4.96. The van der Waals surface area contributed by atoms with E-state index in [1.165, 1.54) is 31.7 Å². The van der Waals surface area contributed by atoms with Gasteiger partial charge in [-0.25, -0.2) is 0 Å². The molecule has 0 spiro atoms. The van der Waals surface area contributed by atoms with E-state index in [1.807, 2.05) is 46.8 Å². The Bertz CT molecular complexity index is 456. The van der Waals surface area contributed by atoms with E-state index in [9.17, 15) is 4.79 Å². The standard InChI is InChI=1S/C20H32O4.2C2H6/c1-5-9-18(6-2)19-10-12-20(13-11-19)24-17(4)23-15-8-7-14-22-16(3)21;2*1-2/h10-13,17-18H,5-9,14-15H2,1-4H3;2*1-2H3. The molecule has 0 saturated carbocycles. The van der Waals surface area contributed by atoms with Crippen LogP contribution in [0.15, 0.2) is 24.3 Å². The number of esters is 1. The molecule has 0 fully saturated rings. The SMILES string of the molecule is CC.CC.CCCC(CC)c1ccc(OC(C)OCCCCOC(C)=O)cc1. The van der Waals surface area contributed by atoms with E-state index in [2.05, 4.69) is 26.0 Å². The van der Waals surface area contributed by atoms with Crippen molar-refractivity contribution < 1.29 is 19.0 Å². The number of hydrogen-bond acceptors (Lipinski definition) is 4. The van der Waals surface area contributed by atoms with Gasteiger partial charge in [0, 0.05) is 6.92 Å². The number of rotatable bonds is 12. The molecule has 1 aromatic rings. The van der Waals surface area contributed by atoms with Crippen LogP contribution < -0.4 is 4.74 Å². The third kappa shape index (κ3) is 14.5. The van der Waals surface area contributed by atoms with Crippen molar-refractivity contribution in [1.29, 1.82) is 0 Å². The van der Waals surface area contributed by atoms with E-state index in [-0.39, 0.29) is 12.3 Å². The van der Waals surface area contributed by atoms with Crippen molar-refractivity contribution in [3.8, 4) is 5.75 Å². The molecule has 0 aliphatic rings. The highest BCUT2D eigenvalue weighted by Crippen LogP contribution is 2.26. The molecule has 4 nitrogen and oxygen atoms in total. The average Bonchev–Trinajstić information content (AvgIpc) is 2.72. The zero-order valence-electron chi connectivity index (χ0n) is 19.5. The predicted molar refractivity (Wildman–Crippen MR) is 119 cm³/mol. The highest BCUT2D eigenvalue weighted by Gasteiger charge is 2.09. The van der Waals surface area contributed by atoms with Gasteiger partial charge in [-0.2, -0.15) is 0 Å². The fourth-order valence-electron chi connectivity index (χ4n) is 2.67. The first-order valence-corrected chi connectivity index (χ1v) is 11.1. The molecule has 0 aromatic heterocycles. The van der Waals surface area contributed by atoms with Crippen LogP contribution >= 0.6 is 0 Å². The lowest BCUT2D eigenvalue weighted by Crippen LogP contribution is -2.17. The first-order chi connectivity index (χ1) is 13.6. The molecule has 1 rings (SSSR count). The van der Waals surface area contributed by atoms with Gasteiger partial charge in [-0.1, -0.05) is 60.1 Å². The van der Waals surface area contributed by atoms with Crippen molar-refractivity contribution >= 4 is 5.97 Å². The Labute approximate surface area is 174 Å². The van der Waals surface area contributed by atoms with E-state index < -0.39 is 0 Å². The lowest BCUT2D eigenvalue weighted by Gasteiger charge is -2.17. The van der Waals surface area contributed by atoms with Crippen molar-refractivity contribution in [2.75, 3.05) is 13.2 Å². The van der Waals surface area contributed by atoms with Crippen molar-refractivity contribution in [2.45, 2.75) is 99.7 Å². The van der Waals surface area contributed by atoms with Crippen LogP contribution in [-0.4, -0.2) is 25.5 Å². The molecule has 2 unspecified atom stereocenters. The molecule has 0 saturated heterocycles. The molecule has 0 aliphatic heterocycles. The molecular weight excluding hydrogens is 352 g/mol. The van der Waals surface area contributed by atoms with E-state index >= 15 is 0 Å². The Morgan fingerprint density at radius 1 is 0.964 bits per heavy atom. The van der Waals surface area contributed by atoms with Crippen molar-refractivity contribution in [3.63, 3.8) is 0 Å². The molecule has 1 aromatic carbocycles. The topological polar surface area (TPSA) is 44.8 Å². The van der Waals surface area contributed by atoms with E-state index in [1.54, 1.807) is 0 Å². The van der Waals surface area contributed by atoms with Crippen molar-refractivity contribution in [1.82, 2.24) is 0 Å². The maximum atomic E-state index is 10.6. The van der Waals surface area contributed by atoms with Crippen LogP contribution in [0.25, 0.3) is 0 Å². The van der Waals surface area contributed by atoms with Crippen LogP contribution in [0.1, 0.15) is 99.0 Å². The van der Waals surface area contributed by atoms with Crippen LogP contribution in [-0.2, 0) is 14.3 Å². The Kier molecular flexibility index (Phi) is 20.7. The summed E-state index contributed by atoms with van der Waals surface area (Å²) in [5, 5.41) is 0. The Morgan fingerprint density at radius 3 is 2.04 bits per heavy atom. The van der Waals surface area contributed by atoms with Crippen molar-refractivity contribution in [2.24, 2.45) is 0 Å². The molecule has 0 N–H and O–H groups in total. The number of benzene rings is 1. The monoisotopic (exact) mass is 396 g/mol. The summed E-state index contributed by atoms with van der Waals surface area (Å²) in [6, 6.07) is 8.36. The minimum absolute atomic E-state index is 0.236. The molecule has 164 valence electrons. The number of carbonyl (C=O) groups excluding carboxylic acids is 1. The predicted octanol–water partition coefficient (Wildman–Crippen LogP) is 7.12. The maximum absolute atomic E-state index is 10.6. The Hall–Kier alpha value is -1.55. The summed E-state index contributed by atoms with van der Waals surface area (Å²) >= 11 is 0. The van der Waals surface area contributed by atoms with Crippen molar-refractivity contribution in [3.05, 3.63) is 29.8 Å². The smallest absolute Gasteiger partial charge is 0.302 e. The Morgan fingerprint density at radius 2 is 1.54 bits per heavy atom. The van der Waals surface area contributed by atoms with E-state index in [0.717, 1.165) is 18.6 Å². The van der Waals surface area contributed by atoms with Gasteiger partial charge in [-0.05, 0) is 56.2 Å². The molecule has 0 amide bonds. The lowest BCUT2D eigenvalue weighted by atomic mass is 9.92. The highest BCUT2D eigenvalue weighted by atomic mass is 16.7. The molecule has 0 aliphatic carbocycles. The van der Waals surface area contributed by atoms with Gasteiger partial charge in [0.25, 0.3) is 0 Å². The Balaban J connectivity index is 0. The second-order valence-corrected chi connectivity index (χ2v) is 6.07. The van der Waals surface area contributed by atoms with Gasteiger partial charge in [0.2, 0.25) is 0 Å². The van der Waals surface area contributed by atoms with Gasteiger partial charge < -0.3 is 14.2 Å². The molecular formula is C24H44O4. The van der Waals surface area contributed by atoms with E-state index in [0.29, 0.717) is 19.1 Å². The summed E-state index contributed by atoms with van der Waals surface area (Å²) in [7, 11) is 0. The molecule has 2 atom stereocenters. The van der Waals surface area contributed by atoms with E-state index in [4.69, 9.17) is 14.2 Å². The third-order valence-electron chi connectivity index (χ3n) is 3.98. The summed E-state index contributed by atoms with van der Waals surface area (Å²) in [6.45, 7) is 16.8. The number of hydrogen-bond donors (Lipinski definition) is 0. The molecule has 28 heavy (non-hydrogen) atoms. The van der Waals surface area contributed by atoms with Gasteiger partial charge in [0.1, 0.15) is 5.75 Å². The molecule has 0 bridgehead atoms. The van der Waals surface area contributed by atoms with Crippen LogP contribution in [0.5, 0.6) is 5.75 Å². The molecule has 0 heterocycles. The summed E-state index contributed by atoms with van der Waals surface area (Å²) < 4.78 is 16.3. The summed E-state index contributed by atoms with van der Waals surface area (Å²) in [4.78, 5) is 10.6. The highest BCUT2D eigenvalue weighted by molar-refractivity contribution is 5.65. The third-order valence-corrected chi connectivity index (χ3v) is 3.98. The fourth-order valence-corrected chi connectivity index (χ4v) is 2.67. The second kappa shape index (κ2) is 20.2. The number of ether oxygens (including phenoxy) is 3. The quantitative estimate of drug-likeness (QED) is 0.214. The number of unbranched alkanes of at least 4 members (excludes halogenated alkanes) is 1. The van der Waals surface area contributed by atoms with Gasteiger partial charge in [0.05, 0.1) is 13.2 Å². The average molecular weight is 397 g/mol. The number of carbonyl (C=O) groups is 1. The fraction of sp³-hybridized carbons (Fsp3) is 0.708. The lowest BCUT2D eigenvalue weighted by molar-refractivity contribution is -0.141. The molecule has 0 radical (unpaired) electrons. The minimum atomic E-state index is -0.290. The van der Waals surface area contributed by atoms with Crippen LogP contribution in [0.2, 0.25) is 0 Å². The van der Waals surface area contributed by atoms with Gasteiger partial charge in [-0.15, -0.1) is 0 Å². The summed E-state index contributed by atoms with van der Waals surface area (Å²) in [5.74, 6) is 1.23. The first-order valence-electron chi connectivity index (χ1n) is 11.1. The molecule has 4 heteroatoms. The summed E-state index contributed by atoms with van der Waals surface area (Å²) in [5.41, 5.74) is 1.38.